The molecular weight excluding hydrogens is 448 g/mol. The van der Waals surface area contributed by atoms with Crippen molar-refractivity contribution in [2.24, 2.45) is 5.92 Å². The lowest BCUT2D eigenvalue weighted by molar-refractivity contribution is -0.130. The molecule has 0 saturated heterocycles. The molecule has 35 heavy (non-hydrogen) atoms. The highest BCUT2D eigenvalue weighted by Crippen LogP contribution is 2.30. The van der Waals surface area contributed by atoms with Crippen molar-refractivity contribution in [1.29, 1.82) is 0 Å². The summed E-state index contributed by atoms with van der Waals surface area (Å²) in [6.45, 7) is 0.353. The Morgan fingerprint density at radius 1 is 0.857 bits per heavy atom. The van der Waals surface area contributed by atoms with E-state index >= 15 is 0 Å². The predicted octanol–water partition coefficient (Wildman–Crippen LogP) is -0.227. The molecule has 3 amide bonds. The highest BCUT2D eigenvalue weighted by atomic mass is 16.3. The third kappa shape index (κ3) is 12.3. The Kier molecular flexibility index (Phi) is 14.2. The number of aliphatic hydroxyl groups excluding tert-OH is 2. The molecule has 9 nitrogen and oxygen atoms in total. The maximum absolute atomic E-state index is 13.2. The van der Waals surface area contributed by atoms with Crippen molar-refractivity contribution in [2.45, 2.75) is 82.1 Å². The summed E-state index contributed by atoms with van der Waals surface area (Å²) in [5.74, 6) is 6.08. The molecule has 1 aliphatic carbocycles. The number of terminal acetylenes is 3. The summed E-state index contributed by atoms with van der Waals surface area (Å²) in [4.78, 5) is 37.8. The van der Waals surface area contributed by atoms with Gasteiger partial charge in [-0.15, -0.1) is 19.3 Å². The van der Waals surface area contributed by atoms with Gasteiger partial charge < -0.3 is 26.2 Å². The Morgan fingerprint density at radius 3 is 1.86 bits per heavy atom. The second kappa shape index (κ2) is 16.6. The maximum Gasteiger partial charge on any atom is 0.223 e. The van der Waals surface area contributed by atoms with Gasteiger partial charge in [-0.2, -0.15) is 0 Å². The first-order valence-corrected chi connectivity index (χ1v) is 12.0. The molecular formula is C26H38N4O5. The van der Waals surface area contributed by atoms with Crippen LogP contribution in [0.3, 0.4) is 0 Å². The minimum Gasteiger partial charge on any atom is -0.393 e. The third-order valence-electron chi connectivity index (χ3n) is 6.23. The number of amides is 3. The molecule has 0 aromatic rings. The van der Waals surface area contributed by atoms with Crippen LogP contribution in [0.4, 0.5) is 0 Å². The first-order valence-electron chi connectivity index (χ1n) is 12.0. The van der Waals surface area contributed by atoms with Gasteiger partial charge in [0.2, 0.25) is 17.7 Å². The first-order chi connectivity index (χ1) is 16.7. The van der Waals surface area contributed by atoms with Crippen molar-refractivity contribution in [3.05, 3.63) is 0 Å². The van der Waals surface area contributed by atoms with Crippen molar-refractivity contribution in [1.82, 2.24) is 21.3 Å². The molecule has 0 spiro atoms. The van der Waals surface area contributed by atoms with E-state index in [1.807, 2.05) is 0 Å². The SMILES string of the molecule is C#CCNC(=O)CCC(CCC(=O)NCC#C)(CCC(O)NCC#C)NC(=O)C1CCC(O)CC1. The van der Waals surface area contributed by atoms with Gasteiger partial charge in [0.15, 0.2) is 0 Å². The van der Waals surface area contributed by atoms with Crippen LogP contribution in [0.15, 0.2) is 0 Å². The van der Waals surface area contributed by atoms with Crippen LogP contribution in [0, 0.1) is 42.9 Å². The third-order valence-corrected chi connectivity index (χ3v) is 6.23. The number of carbonyl (C=O) groups is 3. The van der Waals surface area contributed by atoms with Crippen LogP contribution in [-0.4, -0.2) is 65.4 Å². The highest BCUT2D eigenvalue weighted by Gasteiger charge is 2.36. The Balaban J connectivity index is 3.06. The number of aliphatic hydroxyl groups is 2. The van der Waals surface area contributed by atoms with Gasteiger partial charge in [0, 0.05) is 24.3 Å². The van der Waals surface area contributed by atoms with Crippen LogP contribution in [-0.2, 0) is 14.4 Å². The van der Waals surface area contributed by atoms with Gasteiger partial charge in [-0.3, -0.25) is 19.7 Å². The molecule has 0 heterocycles. The van der Waals surface area contributed by atoms with Crippen molar-refractivity contribution >= 4 is 17.7 Å². The van der Waals surface area contributed by atoms with Crippen molar-refractivity contribution in [3.63, 3.8) is 0 Å². The van der Waals surface area contributed by atoms with Gasteiger partial charge in [0.1, 0.15) is 6.23 Å². The zero-order valence-corrected chi connectivity index (χ0v) is 20.3. The smallest absolute Gasteiger partial charge is 0.223 e. The molecule has 0 aromatic heterocycles. The Labute approximate surface area is 208 Å². The lowest BCUT2D eigenvalue weighted by Gasteiger charge is -2.38. The van der Waals surface area contributed by atoms with Crippen molar-refractivity contribution < 1.29 is 24.6 Å². The minimum atomic E-state index is -0.938. The van der Waals surface area contributed by atoms with Crippen LogP contribution >= 0.6 is 0 Å². The van der Waals surface area contributed by atoms with Crippen molar-refractivity contribution in [3.8, 4) is 37.0 Å². The van der Waals surface area contributed by atoms with E-state index < -0.39 is 17.9 Å². The van der Waals surface area contributed by atoms with Crippen LogP contribution in [0.1, 0.15) is 64.2 Å². The molecule has 1 rings (SSSR count). The average Bonchev–Trinajstić information content (AvgIpc) is 2.85. The number of hydrogen-bond acceptors (Lipinski definition) is 6. The normalized spacial score (nSPS) is 18.3. The van der Waals surface area contributed by atoms with Crippen LogP contribution < -0.4 is 21.3 Å². The average molecular weight is 487 g/mol. The van der Waals surface area contributed by atoms with Gasteiger partial charge in [-0.1, -0.05) is 17.8 Å². The Morgan fingerprint density at radius 2 is 1.37 bits per heavy atom. The lowest BCUT2D eigenvalue weighted by Crippen LogP contribution is -2.53. The van der Waals surface area contributed by atoms with Gasteiger partial charge in [-0.05, 0) is 51.4 Å². The number of carbonyl (C=O) groups excluding carboxylic acids is 3. The standard InChI is InChI=1S/C26H38N4O5/c1-4-17-27-22(32)11-14-26(15-12-23(33)28-18-5-2,16-13-24(34)29-19-6-3)30-25(35)20-7-9-21(31)10-8-20/h1-3,20-22,27,31-32H,7-19H2,(H,28,33)(H,29,34)(H,30,35). The lowest BCUT2D eigenvalue weighted by atomic mass is 9.81. The van der Waals surface area contributed by atoms with Crippen LogP contribution in [0.5, 0.6) is 0 Å². The van der Waals surface area contributed by atoms with Gasteiger partial charge >= 0.3 is 0 Å². The van der Waals surface area contributed by atoms with E-state index in [-0.39, 0.29) is 75.4 Å². The van der Waals surface area contributed by atoms with E-state index in [4.69, 9.17) is 19.3 Å². The zero-order chi connectivity index (χ0) is 26.1. The van der Waals surface area contributed by atoms with Crippen LogP contribution in [0.2, 0.25) is 0 Å². The fraction of sp³-hybridized carbons (Fsp3) is 0.654. The summed E-state index contributed by atoms with van der Waals surface area (Å²) < 4.78 is 0. The molecule has 1 aliphatic rings. The Bertz CT molecular complexity index is 781. The number of nitrogens with one attached hydrogen (secondary N) is 4. The summed E-state index contributed by atoms with van der Waals surface area (Å²) in [7, 11) is 0. The fourth-order valence-electron chi connectivity index (χ4n) is 4.14. The van der Waals surface area contributed by atoms with E-state index in [1.165, 1.54) is 0 Å². The van der Waals surface area contributed by atoms with Gasteiger partial charge in [0.25, 0.3) is 0 Å². The molecule has 0 radical (unpaired) electrons. The zero-order valence-electron chi connectivity index (χ0n) is 20.3. The fourth-order valence-corrected chi connectivity index (χ4v) is 4.14. The quantitative estimate of drug-likeness (QED) is 0.140. The molecule has 1 fully saturated rings. The van der Waals surface area contributed by atoms with E-state index in [9.17, 15) is 24.6 Å². The second-order valence-corrected chi connectivity index (χ2v) is 8.88. The molecule has 1 unspecified atom stereocenters. The molecule has 192 valence electrons. The van der Waals surface area contributed by atoms with Gasteiger partial charge in [-0.25, -0.2) is 0 Å². The van der Waals surface area contributed by atoms with E-state index in [0.29, 0.717) is 32.1 Å². The van der Waals surface area contributed by atoms with Crippen molar-refractivity contribution in [2.75, 3.05) is 19.6 Å². The first kappa shape index (κ1) is 30.0. The summed E-state index contributed by atoms with van der Waals surface area (Å²) in [6.07, 6.45) is 17.7. The van der Waals surface area contributed by atoms with Crippen LogP contribution in [0.25, 0.3) is 0 Å². The molecule has 0 aromatic carbocycles. The molecule has 0 bridgehead atoms. The summed E-state index contributed by atoms with van der Waals surface area (Å²) in [5, 5.41) is 31.2. The largest absolute Gasteiger partial charge is 0.393 e. The Hall–Kier alpha value is -3.03. The van der Waals surface area contributed by atoms with Gasteiger partial charge in [0.05, 0.1) is 25.7 Å². The molecule has 6 N–H and O–H groups in total. The topological polar surface area (TPSA) is 140 Å². The highest BCUT2D eigenvalue weighted by molar-refractivity contribution is 5.80. The predicted molar refractivity (Wildman–Crippen MR) is 133 cm³/mol. The second-order valence-electron chi connectivity index (χ2n) is 8.88. The molecule has 1 saturated carbocycles. The summed E-state index contributed by atoms with van der Waals surface area (Å²) in [5.41, 5.74) is -0.938. The van der Waals surface area contributed by atoms with E-state index in [0.717, 1.165) is 0 Å². The minimum absolute atomic E-state index is 0.0746. The summed E-state index contributed by atoms with van der Waals surface area (Å²) in [6, 6.07) is 0. The molecule has 9 heteroatoms. The summed E-state index contributed by atoms with van der Waals surface area (Å²) >= 11 is 0. The monoisotopic (exact) mass is 486 g/mol. The van der Waals surface area contributed by atoms with E-state index in [1.54, 1.807) is 0 Å². The number of rotatable bonds is 15. The molecule has 1 atom stereocenters. The van der Waals surface area contributed by atoms with E-state index in [2.05, 4.69) is 39.0 Å². The molecule has 0 aliphatic heterocycles. The number of hydrogen-bond donors (Lipinski definition) is 6. The maximum atomic E-state index is 13.2.